The van der Waals surface area contributed by atoms with Gasteiger partial charge in [0.25, 0.3) is 0 Å². The lowest BCUT2D eigenvalue weighted by Crippen LogP contribution is -2.30. The largest absolute Gasteiger partial charge is 0.462 e. The number of hydrogen-bond acceptors (Lipinski definition) is 6. The molecular formula is C62H102O6. The molecule has 1 atom stereocenters. The van der Waals surface area contributed by atoms with E-state index in [0.717, 1.165) is 122 Å². The number of esters is 3. The Labute approximate surface area is 419 Å². The van der Waals surface area contributed by atoms with Gasteiger partial charge in [0.15, 0.2) is 6.10 Å². The van der Waals surface area contributed by atoms with Crippen LogP contribution < -0.4 is 0 Å². The van der Waals surface area contributed by atoms with Gasteiger partial charge in [0.2, 0.25) is 0 Å². The molecule has 68 heavy (non-hydrogen) atoms. The molecule has 0 aromatic carbocycles. The molecule has 0 aliphatic carbocycles. The molecule has 6 heteroatoms. The fourth-order valence-electron chi connectivity index (χ4n) is 7.37. The summed E-state index contributed by atoms with van der Waals surface area (Å²) < 4.78 is 16.6. The zero-order valence-corrected chi connectivity index (χ0v) is 44.1. The predicted octanol–water partition coefficient (Wildman–Crippen LogP) is 18.7. The van der Waals surface area contributed by atoms with Crippen molar-refractivity contribution in [1.29, 1.82) is 0 Å². The van der Waals surface area contributed by atoms with Crippen LogP contribution in [-0.2, 0) is 28.6 Å². The first kappa shape index (κ1) is 64.1. The van der Waals surface area contributed by atoms with Crippen LogP contribution in [-0.4, -0.2) is 37.2 Å². The first-order chi connectivity index (χ1) is 33.5. The topological polar surface area (TPSA) is 78.9 Å². The van der Waals surface area contributed by atoms with Gasteiger partial charge in [-0.05, 0) is 89.9 Å². The van der Waals surface area contributed by atoms with Gasteiger partial charge in [-0.1, -0.05) is 246 Å². The molecule has 0 radical (unpaired) electrons. The van der Waals surface area contributed by atoms with Crippen LogP contribution in [0.15, 0.2) is 109 Å². The summed E-state index contributed by atoms with van der Waals surface area (Å²) in [6, 6.07) is 0. The van der Waals surface area contributed by atoms with Gasteiger partial charge in [-0.3, -0.25) is 14.4 Å². The molecule has 0 aromatic heterocycles. The maximum Gasteiger partial charge on any atom is 0.306 e. The smallest absolute Gasteiger partial charge is 0.306 e. The maximum absolute atomic E-state index is 12.7. The number of allylic oxidation sites excluding steroid dienone is 18. The number of ether oxygens (including phenoxy) is 3. The van der Waals surface area contributed by atoms with E-state index in [1.54, 1.807) is 0 Å². The molecule has 386 valence electrons. The van der Waals surface area contributed by atoms with Crippen LogP contribution in [0.4, 0.5) is 0 Å². The highest BCUT2D eigenvalue weighted by Gasteiger charge is 2.19. The molecule has 0 aromatic rings. The van der Waals surface area contributed by atoms with Gasteiger partial charge in [0.1, 0.15) is 13.2 Å². The molecule has 6 nitrogen and oxygen atoms in total. The van der Waals surface area contributed by atoms with E-state index in [9.17, 15) is 14.4 Å². The Bertz CT molecular complexity index is 1410. The average Bonchev–Trinajstić information content (AvgIpc) is 3.34. The van der Waals surface area contributed by atoms with Gasteiger partial charge in [0, 0.05) is 19.3 Å². The Morgan fingerprint density at radius 1 is 0.309 bits per heavy atom. The Hall–Kier alpha value is -3.93. The standard InChI is InChI=1S/C62H102O6/c1-4-7-10-13-16-18-19-20-21-22-23-24-25-26-27-28-29-30-31-32-33-34-35-36-37-38-39-40-41-42-43-45-46-49-52-55-61(64)67-58-59(57-66-60(63)54-51-48-15-12-9-6-3)68-62(65)56-53-50-47-44-17-14-11-8-5-2/h7,10,16,18,20-21,23-24,26-27,29-30,32-33,35-36,38-39,59H,4-6,8-9,11-15,17,19,22,25,28,31,34,37,40-58H2,1-3H3/b10-7-,18-16-,21-20-,24-23-,27-26-,30-29-,33-32-,36-35-,39-38-. The van der Waals surface area contributed by atoms with Crippen LogP contribution in [0, 0.1) is 0 Å². The van der Waals surface area contributed by atoms with Crippen LogP contribution in [0.25, 0.3) is 0 Å². The third-order valence-electron chi connectivity index (χ3n) is 11.5. The van der Waals surface area contributed by atoms with E-state index in [0.29, 0.717) is 19.3 Å². The van der Waals surface area contributed by atoms with E-state index in [4.69, 9.17) is 14.2 Å². The van der Waals surface area contributed by atoms with E-state index in [-0.39, 0.29) is 31.1 Å². The Morgan fingerprint density at radius 2 is 0.574 bits per heavy atom. The number of unbranched alkanes of at least 4 members (excludes halogenated alkanes) is 20. The summed E-state index contributed by atoms with van der Waals surface area (Å²) in [5.41, 5.74) is 0. The molecule has 0 fully saturated rings. The lowest BCUT2D eigenvalue weighted by Gasteiger charge is -2.18. The van der Waals surface area contributed by atoms with Crippen LogP contribution in [0.5, 0.6) is 0 Å². The van der Waals surface area contributed by atoms with Crippen LogP contribution >= 0.6 is 0 Å². The molecule has 0 aliphatic rings. The van der Waals surface area contributed by atoms with E-state index in [2.05, 4.69) is 130 Å². The summed E-state index contributed by atoms with van der Waals surface area (Å²) >= 11 is 0. The first-order valence-corrected chi connectivity index (χ1v) is 27.9. The molecule has 0 spiro atoms. The molecular weight excluding hydrogens is 841 g/mol. The number of carbonyl (C=O) groups is 3. The highest BCUT2D eigenvalue weighted by molar-refractivity contribution is 5.71. The molecule has 0 amide bonds. The SMILES string of the molecule is CC/C=C\C/C=C\C/C=C\C/C=C\C/C=C\C/C=C\C/C=C\C/C=C\C/C=C\CCCCCCCCCC(=O)OCC(COC(=O)CCCCCCCC)OC(=O)CCCCCCCCCCC. The summed E-state index contributed by atoms with van der Waals surface area (Å²) in [5.74, 6) is -0.907. The van der Waals surface area contributed by atoms with Gasteiger partial charge in [-0.15, -0.1) is 0 Å². The fourth-order valence-corrected chi connectivity index (χ4v) is 7.37. The number of hydrogen-bond donors (Lipinski definition) is 0. The Balaban J connectivity index is 4.03. The van der Waals surface area contributed by atoms with Crippen LogP contribution in [0.1, 0.15) is 245 Å². The van der Waals surface area contributed by atoms with Crippen molar-refractivity contribution in [3.05, 3.63) is 109 Å². The minimum Gasteiger partial charge on any atom is -0.462 e. The van der Waals surface area contributed by atoms with Crippen molar-refractivity contribution in [1.82, 2.24) is 0 Å². The monoisotopic (exact) mass is 943 g/mol. The normalized spacial score (nSPS) is 12.9. The van der Waals surface area contributed by atoms with Crippen molar-refractivity contribution in [2.75, 3.05) is 13.2 Å². The molecule has 0 N–H and O–H groups in total. The minimum absolute atomic E-state index is 0.0799. The number of carbonyl (C=O) groups excluding carboxylic acids is 3. The van der Waals surface area contributed by atoms with E-state index < -0.39 is 6.10 Å². The fraction of sp³-hybridized carbons (Fsp3) is 0.661. The number of rotatable bonds is 49. The molecule has 0 rings (SSSR count). The molecule has 0 heterocycles. The van der Waals surface area contributed by atoms with Gasteiger partial charge in [-0.25, -0.2) is 0 Å². The van der Waals surface area contributed by atoms with E-state index >= 15 is 0 Å². The summed E-state index contributed by atoms with van der Waals surface area (Å²) in [4.78, 5) is 37.6. The summed E-state index contributed by atoms with van der Waals surface area (Å²) in [6.07, 6.45) is 75.6. The van der Waals surface area contributed by atoms with Crippen LogP contribution in [0.2, 0.25) is 0 Å². The molecule has 0 saturated carbocycles. The van der Waals surface area contributed by atoms with Crippen molar-refractivity contribution >= 4 is 17.9 Å². The van der Waals surface area contributed by atoms with Gasteiger partial charge in [-0.2, -0.15) is 0 Å². The second kappa shape index (κ2) is 55.7. The molecule has 0 aliphatic heterocycles. The third kappa shape index (κ3) is 53.0. The van der Waals surface area contributed by atoms with Crippen molar-refractivity contribution in [3.63, 3.8) is 0 Å². The summed E-state index contributed by atoms with van der Waals surface area (Å²) in [6.45, 7) is 6.42. The lowest BCUT2D eigenvalue weighted by atomic mass is 10.1. The summed E-state index contributed by atoms with van der Waals surface area (Å²) in [7, 11) is 0. The summed E-state index contributed by atoms with van der Waals surface area (Å²) in [5, 5.41) is 0. The van der Waals surface area contributed by atoms with E-state index in [1.807, 2.05) is 0 Å². The van der Waals surface area contributed by atoms with Gasteiger partial charge in [0.05, 0.1) is 0 Å². The molecule has 1 unspecified atom stereocenters. The predicted molar refractivity (Wildman–Crippen MR) is 293 cm³/mol. The first-order valence-electron chi connectivity index (χ1n) is 27.9. The Kier molecular flexibility index (Phi) is 52.4. The van der Waals surface area contributed by atoms with Crippen molar-refractivity contribution in [2.45, 2.75) is 252 Å². The quantitative estimate of drug-likeness (QED) is 0.0262. The van der Waals surface area contributed by atoms with Crippen molar-refractivity contribution in [3.8, 4) is 0 Å². The average molecular weight is 943 g/mol. The second-order valence-electron chi connectivity index (χ2n) is 18.1. The van der Waals surface area contributed by atoms with Gasteiger partial charge >= 0.3 is 17.9 Å². The third-order valence-corrected chi connectivity index (χ3v) is 11.5. The second-order valence-corrected chi connectivity index (χ2v) is 18.1. The van der Waals surface area contributed by atoms with Crippen molar-refractivity contribution < 1.29 is 28.6 Å². The Morgan fingerprint density at radius 3 is 0.897 bits per heavy atom. The zero-order valence-electron chi connectivity index (χ0n) is 44.1. The van der Waals surface area contributed by atoms with Crippen molar-refractivity contribution in [2.24, 2.45) is 0 Å². The van der Waals surface area contributed by atoms with Crippen LogP contribution in [0.3, 0.4) is 0 Å². The maximum atomic E-state index is 12.7. The lowest BCUT2D eigenvalue weighted by molar-refractivity contribution is -0.167. The zero-order chi connectivity index (χ0) is 49.3. The molecule has 0 bridgehead atoms. The minimum atomic E-state index is -0.775. The highest BCUT2D eigenvalue weighted by atomic mass is 16.6. The van der Waals surface area contributed by atoms with Gasteiger partial charge < -0.3 is 14.2 Å². The highest BCUT2D eigenvalue weighted by Crippen LogP contribution is 2.14. The molecule has 0 saturated heterocycles. The van der Waals surface area contributed by atoms with E-state index in [1.165, 1.54) is 83.5 Å².